The van der Waals surface area contributed by atoms with E-state index in [0.29, 0.717) is 5.69 Å². The molecule has 0 aliphatic carbocycles. The van der Waals surface area contributed by atoms with Gasteiger partial charge in [-0.05, 0) is 41.3 Å². The van der Waals surface area contributed by atoms with Gasteiger partial charge in [-0.1, -0.05) is 32.9 Å². The molecule has 2 rings (SSSR count). The smallest absolute Gasteiger partial charge is 0.259 e. The summed E-state index contributed by atoms with van der Waals surface area (Å²) < 4.78 is 28.1. The first-order valence-electron chi connectivity index (χ1n) is 7.65. The maximum Gasteiger partial charge on any atom is 0.259 e. The topological polar surface area (TPSA) is 98.5 Å². The van der Waals surface area contributed by atoms with Crippen molar-refractivity contribution in [3.05, 3.63) is 53.6 Å². The van der Waals surface area contributed by atoms with Crippen LogP contribution in [0.5, 0.6) is 5.75 Å². The average Bonchev–Trinajstić information content (AvgIpc) is 2.53. The zero-order valence-corrected chi connectivity index (χ0v) is 15.5. The molecule has 0 saturated heterocycles. The quantitative estimate of drug-likeness (QED) is 0.873. The van der Waals surface area contributed by atoms with Crippen molar-refractivity contribution in [3.63, 3.8) is 0 Å². The molecular formula is C18H22N2O4S. The fraction of sp³-hybridized carbons (Fsp3) is 0.278. The number of sulfonamides is 1. The van der Waals surface area contributed by atoms with Crippen LogP contribution in [0.3, 0.4) is 0 Å². The van der Waals surface area contributed by atoms with Crippen molar-refractivity contribution in [2.45, 2.75) is 31.1 Å². The van der Waals surface area contributed by atoms with E-state index >= 15 is 0 Å². The Hall–Kier alpha value is -2.38. The number of rotatable bonds is 4. The van der Waals surface area contributed by atoms with E-state index in [4.69, 9.17) is 9.88 Å². The summed E-state index contributed by atoms with van der Waals surface area (Å²) in [6.45, 7) is 6.30. The number of amides is 1. The largest absolute Gasteiger partial charge is 0.496 e. The first kappa shape index (κ1) is 19.0. The summed E-state index contributed by atoms with van der Waals surface area (Å²) in [6, 6.07) is 11.4. The number of benzene rings is 2. The predicted molar refractivity (Wildman–Crippen MR) is 97.5 cm³/mol. The van der Waals surface area contributed by atoms with Crippen molar-refractivity contribution < 1.29 is 17.9 Å². The van der Waals surface area contributed by atoms with E-state index in [2.05, 4.69) is 26.1 Å². The number of methoxy groups -OCH3 is 1. The van der Waals surface area contributed by atoms with Crippen LogP contribution in [0.2, 0.25) is 0 Å². The average molecular weight is 362 g/mol. The Balaban J connectivity index is 2.31. The molecule has 25 heavy (non-hydrogen) atoms. The van der Waals surface area contributed by atoms with Crippen LogP contribution < -0.4 is 15.2 Å². The van der Waals surface area contributed by atoms with Gasteiger partial charge < -0.3 is 10.1 Å². The summed E-state index contributed by atoms with van der Waals surface area (Å²) >= 11 is 0. The third-order valence-electron chi connectivity index (χ3n) is 3.75. The molecule has 0 aliphatic heterocycles. The van der Waals surface area contributed by atoms with Crippen molar-refractivity contribution in [2.75, 3.05) is 12.4 Å². The lowest BCUT2D eigenvalue weighted by Crippen LogP contribution is -2.17. The molecular weight excluding hydrogens is 340 g/mol. The normalized spacial score (nSPS) is 11.9. The molecule has 2 aromatic carbocycles. The summed E-state index contributed by atoms with van der Waals surface area (Å²) in [4.78, 5) is 12.4. The second-order valence-electron chi connectivity index (χ2n) is 6.69. The first-order valence-corrected chi connectivity index (χ1v) is 9.20. The van der Waals surface area contributed by atoms with Gasteiger partial charge in [-0.2, -0.15) is 0 Å². The predicted octanol–water partition coefficient (Wildman–Crippen LogP) is 2.89. The van der Waals surface area contributed by atoms with Gasteiger partial charge in [0, 0.05) is 5.69 Å². The maximum atomic E-state index is 12.5. The Kier molecular flexibility index (Phi) is 5.20. The number of hydrogen-bond donors (Lipinski definition) is 2. The molecule has 0 aliphatic rings. The van der Waals surface area contributed by atoms with E-state index < -0.39 is 15.9 Å². The van der Waals surface area contributed by atoms with Gasteiger partial charge in [0.1, 0.15) is 5.75 Å². The Morgan fingerprint density at radius 2 is 1.68 bits per heavy atom. The second kappa shape index (κ2) is 6.85. The summed E-state index contributed by atoms with van der Waals surface area (Å²) in [7, 11) is -2.51. The fourth-order valence-electron chi connectivity index (χ4n) is 2.29. The number of anilines is 1. The van der Waals surface area contributed by atoms with Crippen LogP contribution in [-0.2, 0) is 15.4 Å². The van der Waals surface area contributed by atoms with Gasteiger partial charge >= 0.3 is 0 Å². The zero-order chi connectivity index (χ0) is 18.8. The summed E-state index contributed by atoms with van der Waals surface area (Å²) in [5.74, 6) is -0.220. The Labute approximate surface area is 148 Å². The van der Waals surface area contributed by atoms with E-state index in [1.807, 2.05) is 12.1 Å². The number of carbonyl (C=O) groups excluding carboxylic acids is 1. The monoisotopic (exact) mass is 362 g/mol. The third kappa shape index (κ3) is 4.58. The van der Waals surface area contributed by atoms with Crippen LogP contribution in [0.4, 0.5) is 5.69 Å². The van der Waals surface area contributed by atoms with Gasteiger partial charge in [0.2, 0.25) is 10.0 Å². The molecule has 1 amide bonds. The van der Waals surface area contributed by atoms with Gasteiger partial charge in [-0.25, -0.2) is 13.6 Å². The number of primary sulfonamides is 1. The van der Waals surface area contributed by atoms with Crippen molar-refractivity contribution in [1.29, 1.82) is 0 Å². The van der Waals surface area contributed by atoms with Gasteiger partial charge in [0.15, 0.2) is 0 Å². The van der Waals surface area contributed by atoms with Crippen molar-refractivity contribution in [2.24, 2.45) is 5.14 Å². The molecule has 6 nitrogen and oxygen atoms in total. The summed E-state index contributed by atoms with van der Waals surface area (Å²) in [5, 5.41) is 7.86. The van der Waals surface area contributed by atoms with E-state index in [-0.39, 0.29) is 21.6 Å². The lowest BCUT2D eigenvalue weighted by Gasteiger charge is -2.19. The molecule has 0 saturated carbocycles. The highest BCUT2D eigenvalue weighted by molar-refractivity contribution is 7.89. The minimum absolute atomic E-state index is 0.00950. The molecule has 7 heteroatoms. The number of nitrogens with two attached hydrogens (primary N) is 1. The summed E-state index contributed by atoms with van der Waals surface area (Å²) in [5.41, 5.74) is 1.84. The van der Waals surface area contributed by atoms with E-state index in [9.17, 15) is 13.2 Å². The van der Waals surface area contributed by atoms with Crippen molar-refractivity contribution in [3.8, 4) is 5.75 Å². The van der Waals surface area contributed by atoms with Gasteiger partial charge in [-0.15, -0.1) is 0 Å². The Morgan fingerprint density at radius 1 is 1.08 bits per heavy atom. The molecule has 0 bridgehead atoms. The molecule has 0 heterocycles. The lowest BCUT2D eigenvalue weighted by atomic mass is 9.87. The molecule has 0 spiro atoms. The Morgan fingerprint density at radius 3 is 2.16 bits per heavy atom. The van der Waals surface area contributed by atoms with Gasteiger partial charge in [-0.3, -0.25) is 4.79 Å². The second-order valence-corrected chi connectivity index (χ2v) is 8.25. The fourth-order valence-corrected chi connectivity index (χ4v) is 2.83. The highest BCUT2D eigenvalue weighted by atomic mass is 32.2. The van der Waals surface area contributed by atoms with Crippen LogP contribution in [0, 0.1) is 0 Å². The minimum atomic E-state index is -3.91. The molecule has 0 fully saturated rings. The Bertz CT molecular complexity index is 882. The molecule has 0 radical (unpaired) electrons. The zero-order valence-electron chi connectivity index (χ0n) is 14.7. The third-order valence-corrected chi connectivity index (χ3v) is 4.66. The van der Waals surface area contributed by atoms with E-state index in [1.165, 1.54) is 25.3 Å². The highest BCUT2D eigenvalue weighted by Crippen LogP contribution is 2.25. The van der Waals surface area contributed by atoms with Crippen molar-refractivity contribution >= 4 is 21.6 Å². The molecule has 3 N–H and O–H groups in total. The number of nitrogens with one attached hydrogen (secondary N) is 1. The summed E-state index contributed by atoms with van der Waals surface area (Å²) in [6.07, 6.45) is 0. The standard InChI is InChI=1S/C18H22N2O4S/c1-18(2,3)12-5-7-13(8-6-12)20-17(21)15-11-14(25(19,22)23)9-10-16(15)24-4/h5-11H,1-4H3,(H,20,21)(H2,19,22,23). The van der Waals surface area contributed by atoms with Crippen LogP contribution >= 0.6 is 0 Å². The minimum Gasteiger partial charge on any atom is -0.496 e. The first-order chi connectivity index (χ1) is 11.5. The van der Waals surface area contributed by atoms with E-state index in [0.717, 1.165) is 5.56 Å². The number of carbonyl (C=O) groups is 1. The lowest BCUT2D eigenvalue weighted by molar-refractivity contribution is 0.102. The maximum absolute atomic E-state index is 12.5. The van der Waals surface area contributed by atoms with Crippen LogP contribution in [0.15, 0.2) is 47.4 Å². The molecule has 0 aromatic heterocycles. The molecule has 0 atom stereocenters. The molecule has 134 valence electrons. The van der Waals surface area contributed by atoms with Gasteiger partial charge in [0.25, 0.3) is 5.91 Å². The SMILES string of the molecule is COc1ccc(S(N)(=O)=O)cc1C(=O)Nc1ccc(C(C)(C)C)cc1. The van der Waals surface area contributed by atoms with Crippen LogP contribution in [-0.4, -0.2) is 21.4 Å². The molecule has 0 unspecified atom stereocenters. The van der Waals surface area contributed by atoms with Crippen molar-refractivity contribution in [1.82, 2.24) is 0 Å². The number of hydrogen-bond acceptors (Lipinski definition) is 4. The highest BCUT2D eigenvalue weighted by Gasteiger charge is 2.18. The number of ether oxygens (including phenoxy) is 1. The van der Waals surface area contributed by atoms with Gasteiger partial charge in [0.05, 0.1) is 17.6 Å². The molecule has 2 aromatic rings. The van der Waals surface area contributed by atoms with Crippen LogP contribution in [0.25, 0.3) is 0 Å². The van der Waals surface area contributed by atoms with E-state index in [1.54, 1.807) is 12.1 Å². The van der Waals surface area contributed by atoms with Crippen LogP contribution in [0.1, 0.15) is 36.7 Å².